The first-order valence-electron chi connectivity index (χ1n) is 6.53. The van der Waals surface area contributed by atoms with Crippen LogP contribution in [0, 0.1) is 0 Å². The largest absolute Gasteiger partial charge is 0.479 e. The molecule has 0 aromatic heterocycles. The van der Waals surface area contributed by atoms with E-state index in [0.717, 1.165) is 25.7 Å². The molecule has 0 aliphatic carbocycles. The van der Waals surface area contributed by atoms with E-state index in [2.05, 4.69) is 6.92 Å². The maximum absolute atomic E-state index is 10.8. The standard InChI is InChI=1S/C12H22O7/c1-2-3-4-5-6-18-12-9(15)7(13)8(14)10(19-12)11(16)17/h7-10,12-15H,2-6H2,1H3,(H,16,17)/t7-,8+,9+,10-,12?/m0/s1. The third-order valence-electron chi connectivity index (χ3n) is 3.09. The Morgan fingerprint density at radius 2 is 1.79 bits per heavy atom. The molecule has 19 heavy (non-hydrogen) atoms. The number of hydrogen-bond donors (Lipinski definition) is 4. The van der Waals surface area contributed by atoms with Crippen LogP contribution in [0.15, 0.2) is 0 Å². The fourth-order valence-corrected chi connectivity index (χ4v) is 1.92. The van der Waals surface area contributed by atoms with Gasteiger partial charge in [-0.2, -0.15) is 0 Å². The highest BCUT2D eigenvalue weighted by molar-refractivity contribution is 5.73. The van der Waals surface area contributed by atoms with Crippen molar-refractivity contribution in [3.63, 3.8) is 0 Å². The summed E-state index contributed by atoms with van der Waals surface area (Å²) in [5.74, 6) is -1.40. The van der Waals surface area contributed by atoms with Crippen LogP contribution in [0.4, 0.5) is 0 Å². The van der Waals surface area contributed by atoms with Crippen LogP contribution in [0.3, 0.4) is 0 Å². The molecule has 112 valence electrons. The molecule has 0 aromatic carbocycles. The second-order valence-electron chi connectivity index (χ2n) is 4.67. The summed E-state index contributed by atoms with van der Waals surface area (Å²) in [6, 6.07) is 0. The third kappa shape index (κ3) is 4.39. The van der Waals surface area contributed by atoms with Crippen molar-refractivity contribution in [2.75, 3.05) is 6.61 Å². The number of unbranched alkanes of at least 4 members (excludes halogenated alkanes) is 3. The van der Waals surface area contributed by atoms with Gasteiger partial charge in [0.2, 0.25) is 0 Å². The summed E-state index contributed by atoms with van der Waals surface area (Å²) in [5, 5.41) is 37.5. The first-order chi connectivity index (χ1) is 8.99. The summed E-state index contributed by atoms with van der Waals surface area (Å²) < 4.78 is 10.2. The topological polar surface area (TPSA) is 116 Å². The van der Waals surface area contributed by atoms with Crippen LogP contribution in [0.1, 0.15) is 32.6 Å². The van der Waals surface area contributed by atoms with Gasteiger partial charge in [-0.1, -0.05) is 26.2 Å². The van der Waals surface area contributed by atoms with Crippen LogP contribution in [0.25, 0.3) is 0 Å². The van der Waals surface area contributed by atoms with Gasteiger partial charge in [0.1, 0.15) is 18.3 Å². The number of rotatable bonds is 7. The van der Waals surface area contributed by atoms with E-state index in [0.29, 0.717) is 6.61 Å². The summed E-state index contributed by atoms with van der Waals surface area (Å²) >= 11 is 0. The molecule has 1 saturated heterocycles. The van der Waals surface area contributed by atoms with E-state index in [-0.39, 0.29) is 0 Å². The van der Waals surface area contributed by atoms with Crippen LogP contribution in [-0.4, -0.2) is 63.7 Å². The van der Waals surface area contributed by atoms with Crippen molar-refractivity contribution >= 4 is 5.97 Å². The van der Waals surface area contributed by atoms with Crippen molar-refractivity contribution in [3.05, 3.63) is 0 Å². The predicted octanol–water partition coefficient (Wildman–Crippen LogP) is -0.525. The van der Waals surface area contributed by atoms with Crippen molar-refractivity contribution in [2.24, 2.45) is 0 Å². The molecule has 4 N–H and O–H groups in total. The van der Waals surface area contributed by atoms with Crippen molar-refractivity contribution in [2.45, 2.75) is 63.3 Å². The van der Waals surface area contributed by atoms with Gasteiger partial charge in [0, 0.05) is 6.61 Å². The third-order valence-corrected chi connectivity index (χ3v) is 3.09. The fraction of sp³-hybridized carbons (Fsp3) is 0.917. The number of carbonyl (C=O) groups is 1. The van der Waals surface area contributed by atoms with E-state index in [1.807, 2.05) is 0 Å². The van der Waals surface area contributed by atoms with Gasteiger partial charge in [-0.05, 0) is 6.42 Å². The summed E-state index contributed by atoms with van der Waals surface area (Å²) in [7, 11) is 0. The molecule has 0 saturated carbocycles. The molecule has 0 radical (unpaired) electrons. The van der Waals surface area contributed by atoms with Gasteiger partial charge in [-0.25, -0.2) is 4.79 Å². The van der Waals surface area contributed by atoms with Crippen molar-refractivity contribution in [1.82, 2.24) is 0 Å². The number of carboxylic acid groups (broad SMARTS) is 1. The Kier molecular flexibility index (Phi) is 6.67. The average molecular weight is 278 g/mol. The van der Waals surface area contributed by atoms with E-state index < -0.39 is 36.7 Å². The highest BCUT2D eigenvalue weighted by Crippen LogP contribution is 2.22. The van der Waals surface area contributed by atoms with Crippen molar-refractivity contribution in [3.8, 4) is 0 Å². The monoisotopic (exact) mass is 278 g/mol. The Bertz CT molecular complexity index is 283. The smallest absolute Gasteiger partial charge is 0.335 e. The van der Waals surface area contributed by atoms with Crippen LogP contribution in [0.2, 0.25) is 0 Å². The molecule has 1 rings (SSSR count). The number of carboxylic acids is 1. The van der Waals surface area contributed by atoms with Gasteiger partial charge in [-0.3, -0.25) is 0 Å². The van der Waals surface area contributed by atoms with E-state index in [9.17, 15) is 20.1 Å². The van der Waals surface area contributed by atoms with Gasteiger partial charge in [0.05, 0.1) is 0 Å². The fourth-order valence-electron chi connectivity index (χ4n) is 1.92. The van der Waals surface area contributed by atoms with E-state index in [1.54, 1.807) is 0 Å². The predicted molar refractivity (Wildman–Crippen MR) is 64.4 cm³/mol. The minimum Gasteiger partial charge on any atom is -0.479 e. The first-order valence-corrected chi connectivity index (χ1v) is 6.53. The number of hydrogen-bond acceptors (Lipinski definition) is 6. The SMILES string of the molecule is CCCCCCOC1O[C@H](C(=O)O)[C@H](O)[C@H](O)[C@H]1O. The number of aliphatic carboxylic acids is 1. The van der Waals surface area contributed by atoms with Crippen molar-refractivity contribution in [1.29, 1.82) is 0 Å². The highest BCUT2D eigenvalue weighted by Gasteiger charge is 2.47. The lowest BCUT2D eigenvalue weighted by Gasteiger charge is -2.38. The van der Waals surface area contributed by atoms with Gasteiger partial charge in [-0.15, -0.1) is 0 Å². The molecule has 1 unspecified atom stereocenters. The van der Waals surface area contributed by atoms with Gasteiger partial charge < -0.3 is 29.9 Å². The molecule has 1 aliphatic rings. The molecule has 1 aliphatic heterocycles. The van der Waals surface area contributed by atoms with Crippen LogP contribution in [0.5, 0.6) is 0 Å². The van der Waals surface area contributed by atoms with E-state index >= 15 is 0 Å². The second kappa shape index (κ2) is 7.76. The number of aliphatic hydroxyl groups is 3. The number of ether oxygens (including phenoxy) is 2. The summed E-state index contributed by atoms with van der Waals surface area (Å²) in [4.78, 5) is 10.8. The maximum Gasteiger partial charge on any atom is 0.335 e. The molecule has 5 atom stereocenters. The molecule has 1 fully saturated rings. The van der Waals surface area contributed by atoms with Crippen molar-refractivity contribution < 1.29 is 34.7 Å². The van der Waals surface area contributed by atoms with Gasteiger partial charge in [0.15, 0.2) is 12.4 Å². The highest BCUT2D eigenvalue weighted by atomic mass is 16.7. The Morgan fingerprint density at radius 3 is 2.37 bits per heavy atom. The Morgan fingerprint density at radius 1 is 1.11 bits per heavy atom. The minimum atomic E-state index is -1.67. The maximum atomic E-state index is 10.8. The van der Waals surface area contributed by atoms with Gasteiger partial charge >= 0.3 is 5.97 Å². The number of aliphatic hydroxyl groups excluding tert-OH is 3. The molecule has 0 aromatic rings. The van der Waals surface area contributed by atoms with E-state index in [4.69, 9.17) is 14.6 Å². The summed E-state index contributed by atoms with van der Waals surface area (Å²) in [5.41, 5.74) is 0. The summed E-state index contributed by atoms with van der Waals surface area (Å²) in [6.07, 6.45) is -3.70. The zero-order valence-electron chi connectivity index (χ0n) is 10.9. The van der Waals surface area contributed by atoms with Crippen LogP contribution >= 0.6 is 0 Å². The first kappa shape index (κ1) is 16.3. The molecular weight excluding hydrogens is 256 g/mol. The van der Waals surface area contributed by atoms with Crippen LogP contribution < -0.4 is 0 Å². The Balaban J connectivity index is 2.45. The molecule has 0 spiro atoms. The minimum absolute atomic E-state index is 0.302. The lowest BCUT2D eigenvalue weighted by Crippen LogP contribution is -2.60. The molecule has 0 amide bonds. The molecular formula is C12H22O7. The zero-order valence-corrected chi connectivity index (χ0v) is 10.9. The molecule has 7 heteroatoms. The van der Waals surface area contributed by atoms with Gasteiger partial charge in [0.25, 0.3) is 0 Å². The quantitative estimate of drug-likeness (QED) is 0.463. The molecule has 7 nitrogen and oxygen atoms in total. The zero-order chi connectivity index (χ0) is 14.4. The normalized spacial score (nSPS) is 35.3. The molecule has 1 heterocycles. The van der Waals surface area contributed by atoms with E-state index in [1.165, 1.54) is 0 Å². The summed E-state index contributed by atoms with van der Waals surface area (Å²) in [6.45, 7) is 2.38. The lowest BCUT2D eigenvalue weighted by molar-refractivity contribution is -0.294. The van der Waals surface area contributed by atoms with Crippen LogP contribution in [-0.2, 0) is 14.3 Å². The Labute approximate surface area is 111 Å². The second-order valence-corrected chi connectivity index (χ2v) is 4.67. The lowest BCUT2D eigenvalue weighted by atomic mass is 9.99. The average Bonchev–Trinajstić information content (AvgIpc) is 2.37. The Hall–Kier alpha value is -0.730. The molecule has 0 bridgehead atoms.